The maximum absolute atomic E-state index is 12.0. The fourth-order valence-corrected chi connectivity index (χ4v) is 2.32. The van der Waals surface area contributed by atoms with E-state index >= 15 is 0 Å². The van der Waals surface area contributed by atoms with E-state index in [1.807, 2.05) is 37.3 Å². The van der Waals surface area contributed by atoms with Crippen LogP contribution in [0, 0.1) is 5.92 Å². The Balaban J connectivity index is 2.17. The Morgan fingerprint density at radius 2 is 2.06 bits per heavy atom. The third-order valence-corrected chi connectivity index (χ3v) is 3.35. The topological polar surface area (TPSA) is 46.6 Å². The number of likely N-dealkylation sites (tertiary alicyclic amines) is 1. The van der Waals surface area contributed by atoms with Crippen molar-refractivity contribution in [1.29, 1.82) is 0 Å². The van der Waals surface area contributed by atoms with Crippen molar-refractivity contribution in [1.82, 2.24) is 4.90 Å². The lowest BCUT2D eigenvalue weighted by Gasteiger charge is -2.14. The zero-order chi connectivity index (χ0) is 13.1. The number of imide groups is 1. The van der Waals surface area contributed by atoms with E-state index in [-0.39, 0.29) is 24.3 Å². The van der Waals surface area contributed by atoms with Crippen molar-refractivity contribution in [2.24, 2.45) is 5.92 Å². The molecule has 1 heterocycles. The molecule has 2 atom stereocenters. The third kappa shape index (κ3) is 2.23. The highest BCUT2D eigenvalue weighted by molar-refractivity contribution is 5.95. The lowest BCUT2D eigenvalue weighted by molar-refractivity contribution is -0.129. The van der Waals surface area contributed by atoms with Crippen LogP contribution in [0.3, 0.4) is 0 Å². The molecule has 96 valence electrons. The number of benzene rings is 1. The van der Waals surface area contributed by atoms with Crippen LogP contribution in [0.1, 0.15) is 25.3 Å². The Morgan fingerprint density at radius 3 is 2.67 bits per heavy atom. The molecule has 1 saturated heterocycles. The molecule has 1 fully saturated rings. The predicted octanol–water partition coefficient (Wildman–Crippen LogP) is 2.41. The van der Waals surface area contributed by atoms with Crippen LogP contribution >= 0.6 is 0 Å². The standard InChI is InChI=1S/C14H17NO3/c1-3-18-14(17)15-9-12(10(2)13(15)16)11-7-5-4-6-8-11/h4-8,10,12H,3,9H2,1-2H3. The number of hydrogen-bond acceptors (Lipinski definition) is 3. The summed E-state index contributed by atoms with van der Waals surface area (Å²) in [5, 5.41) is 0. The summed E-state index contributed by atoms with van der Waals surface area (Å²) in [6.07, 6.45) is -0.534. The number of carbonyl (C=O) groups excluding carboxylic acids is 2. The lowest BCUT2D eigenvalue weighted by atomic mass is 9.90. The van der Waals surface area contributed by atoms with Gasteiger partial charge in [-0.2, -0.15) is 0 Å². The minimum Gasteiger partial charge on any atom is -0.449 e. The van der Waals surface area contributed by atoms with Crippen molar-refractivity contribution < 1.29 is 14.3 Å². The predicted molar refractivity (Wildman–Crippen MR) is 67.1 cm³/mol. The smallest absolute Gasteiger partial charge is 0.416 e. The summed E-state index contributed by atoms with van der Waals surface area (Å²) < 4.78 is 4.89. The molecule has 0 aromatic heterocycles. The monoisotopic (exact) mass is 247 g/mol. The van der Waals surface area contributed by atoms with Crippen LogP contribution in [-0.4, -0.2) is 30.1 Å². The molecule has 0 spiro atoms. The van der Waals surface area contributed by atoms with Crippen molar-refractivity contribution in [3.05, 3.63) is 35.9 Å². The first-order valence-corrected chi connectivity index (χ1v) is 6.18. The summed E-state index contributed by atoms with van der Waals surface area (Å²) in [5.41, 5.74) is 1.09. The van der Waals surface area contributed by atoms with Crippen molar-refractivity contribution in [2.75, 3.05) is 13.2 Å². The maximum atomic E-state index is 12.0. The molecule has 0 saturated carbocycles. The average molecular weight is 247 g/mol. The average Bonchev–Trinajstić information content (AvgIpc) is 2.68. The number of ether oxygens (including phenoxy) is 1. The molecule has 1 aromatic carbocycles. The minimum atomic E-state index is -0.534. The molecule has 4 nitrogen and oxygen atoms in total. The quantitative estimate of drug-likeness (QED) is 0.806. The SMILES string of the molecule is CCOC(=O)N1CC(c2ccccc2)C(C)C1=O. The second kappa shape index (κ2) is 5.21. The molecule has 0 bridgehead atoms. The van der Waals surface area contributed by atoms with Crippen molar-refractivity contribution in [3.63, 3.8) is 0 Å². The number of amides is 2. The van der Waals surface area contributed by atoms with Crippen LogP contribution in [0.4, 0.5) is 4.79 Å². The van der Waals surface area contributed by atoms with E-state index in [0.29, 0.717) is 6.54 Å². The van der Waals surface area contributed by atoms with Crippen molar-refractivity contribution in [3.8, 4) is 0 Å². The first-order chi connectivity index (χ1) is 8.65. The molecular weight excluding hydrogens is 230 g/mol. The molecule has 1 aromatic rings. The van der Waals surface area contributed by atoms with Crippen LogP contribution in [-0.2, 0) is 9.53 Å². The molecule has 4 heteroatoms. The van der Waals surface area contributed by atoms with E-state index in [9.17, 15) is 9.59 Å². The number of nitrogens with zero attached hydrogens (tertiary/aromatic N) is 1. The van der Waals surface area contributed by atoms with Gasteiger partial charge < -0.3 is 4.74 Å². The molecule has 1 aliphatic heterocycles. The van der Waals surface area contributed by atoms with Gasteiger partial charge in [0, 0.05) is 18.4 Å². The fraction of sp³-hybridized carbons (Fsp3) is 0.429. The summed E-state index contributed by atoms with van der Waals surface area (Å²) in [4.78, 5) is 24.9. The van der Waals surface area contributed by atoms with E-state index in [1.165, 1.54) is 4.90 Å². The zero-order valence-corrected chi connectivity index (χ0v) is 10.6. The normalized spacial score (nSPS) is 23.2. The van der Waals surface area contributed by atoms with Gasteiger partial charge in [0.25, 0.3) is 0 Å². The van der Waals surface area contributed by atoms with Crippen LogP contribution in [0.15, 0.2) is 30.3 Å². The lowest BCUT2D eigenvalue weighted by Crippen LogP contribution is -2.33. The Morgan fingerprint density at radius 1 is 1.39 bits per heavy atom. The maximum Gasteiger partial charge on any atom is 0.416 e. The van der Waals surface area contributed by atoms with Crippen LogP contribution in [0.2, 0.25) is 0 Å². The molecule has 2 amide bonds. The van der Waals surface area contributed by atoms with Gasteiger partial charge in [0.1, 0.15) is 0 Å². The van der Waals surface area contributed by atoms with E-state index in [0.717, 1.165) is 5.56 Å². The van der Waals surface area contributed by atoms with Gasteiger partial charge in [-0.15, -0.1) is 0 Å². The van der Waals surface area contributed by atoms with Gasteiger partial charge >= 0.3 is 6.09 Å². The Hall–Kier alpha value is -1.84. The van der Waals surface area contributed by atoms with E-state index in [4.69, 9.17) is 4.74 Å². The highest BCUT2D eigenvalue weighted by Gasteiger charge is 2.41. The van der Waals surface area contributed by atoms with Gasteiger partial charge in [-0.3, -0.25) is 4.79 Å². The summed E-state index contributed by atoms with van der Waals surface area (Å²) in [6, 6.07) is 9.80. The van der Waals surface area contributed by atoms with Gasteiger partial charge in [0.15, 0.2) is 0 Å². The van der Waals surface area contributed by atoms with E-state index < -0.39 is 6.09 Å². The second-order valence-corrected chi connectivity index (χ2v) is 4.45. The number of hydrogen-bond donors (Lipinski definition) is 0. The first kappa shape index (κ1) is 12.6. The van der Waals surface area contributed by atoms with E-state index in [2.05, 4.69) is 0 Å². The summed E-state index contributed by atoms with van der Waals surface area (Å²) in [6.45, 7) is 4.28. The van der Waals surface area contributed by atoms with Crippen molar-refractivity contribution in [2.45, 2.75) is 19.8 Å². The van der Waals surface area contributed by atoms with Crippen molar-refractivity contribution >= 4 is 12.0 Å². The molecule has 2 rings (SSSR count). The number of rotatable bonds is 2. The van der Waals surface area contributed by atoms with Gasteiger partial charge in [-0.25, -0.2) is 9.69 Å². The molecule has 2 unspecified atom stereocenters. The summed E-state index contributed by atoms with van der Waals surface area (Å²) >= 11 is 0. The Bertz CT molecular complexity index is 444. The first-order valence-electron chi connectivity index (χ1n) is 6.18. The number of carbonyl (C=O) groups is 2. The van der Waals surface area contributed by atoms with Gasteiger partial charge in [-0.05, 0) is 12.5 Å². The fourth-order valence-electron chi connectivity index (χ4n) is 2.32. The van der Waals surface area contributed by atoms with Gasteiger partial charge in [0.05, 0.1) is 6.61 Å². The second-order valence-electron chi connectivity index (χ2n) is 4.45. The summed E-state index contributed by atoms with van der Waals surface area (Å²) in [7, 11) is 0. The van der Waals surface area contributed by atoms with Crippen LogP contribution in [0.25, 0.3) is 0 Å². The molecule has 18 heavy (non-hydrogen) atoms. The highest BCUT2D eigenvalue weighted by atomic mass is 16.6. The van der Waals surface area contributed by atoms with Gasteiger partial charge in [0.2, 0.25) is 5.91 Å². The van der Waals surface area contributed by atoms with Crippen LogP contribution < -0.4 is 0 Å². The zero-order valence-electron chi connectivity index (χ0n) is 10.6. The third-order valence-electron chi connectivity index (χ3n) is 3.35. The minimum absolute atomic E-state index is 0.0584. The Kier molecular flexibility index (Phi) is 3.65. The van der Waals surface area contributed by atoms with Gasteiger partial charge in [-0.1, -0.05) is 37.3 Å². The largest absolute Gasteiger partial charge is 0.449 e. The molecule has 1 aliphatic rings. The van der Waals surface area contributed by atoms with Crippen LogP contribution in [0.5, 0.6) is 0 Å². The Labute approximate surface area is 107 Å². The molecular formula is C14H17NO3. The molecule has 0 N–H and O–H groups in total. The summed E-state index contributed by atoms with van der Waals surface area (Å²) in [5.74, 6) is -0.276. The molecule has 0 radical (unpaired) electrons. The molecule has 0 aliphatic carbocycles. The highest BCUT2D eigenvalue weighted by Crippen LogP contribution is 2.33. The van der Waals surface area contributed by atoms with E-state index in [1.54, 1.807) is 6.92 Å².